The zero-order valence-electron chi connectivity index (χ0n) is 19.0. The summed E-state index contributed by atoms with van der Waals surface area (Å²) < 4.78 is 0. The fraction of sp³-hybridized carbons (Fsp3) is 0.565. The van der Waals surface area contributed by atoms with Crippen LogP contribution in [0.2, 0.25) is 0 Å². The number of pyridine rings is 1. The van der Waals surface area contributed by atoms with Gasteiger partial charge in [0.05, 0.1) is 5.52 Å². The van der Waals surface area contributed by atoms with E-state index < -0.39 is 0 Å². The molecule has 2 N–H and O–H groups in total. The molecule has 0 radical (unpaired) electrons. The smallest absolute Gasteiger partial charge is 0.191 e. The van der Waals surface area contributed by atoms with Gasteiger partial charge in [-0.05, 0) is 57.1 Å². The fourth-order valence-electron chi connectivity index (χ4n) is 3.45. The zero-order valence-corrected chi connectivity index (χ0v) is 19.0. The third-order valence-corrected chi connectivity index (χ3v) is 5.31. The molecule has 0 bridgehead atoms. The number of benzene rings is 1. The summed E-state index contributed by atoms with van der Waals surface area (Å²) >= 11 is 0. The van der Waals surface area contributed by atoms with Crippen LogP contribution < -0.4 is 15.5 Å². The van der Waals surface area contributed by atoms with Crippen LogP contribution in [0.1, 0.15) is 39.2 Å². The van der Waals surface area contributed by atoms with Gasteiger partial charge in [-0.3, -0.25) is 4.99 Å². The molecule has 6 heteroatoms. The Bertz CT molecular complexity index is 782. The first-order valence-corrected chi connectivity index (χ1v) is 10.7. The number of para-hydroxylation sites is 1. The van der Waals surface area contributed by atoms with E-state index in [0.29, 0.717) is 12.6 Å². The van der Waals surface area contributed by atoms with Crippen molar-refractivity contribution in [3.63, 3.8) is 0 Å². The molecule has 1 heterocycles. The first-order chi connectivity index (χ1) is 14.0. The zero-order chi connectivity index (χ0) is 21.2. The molecular weight excluding hydrogens is 360 g/mol. The van der Waals surface area contributed by atoms with E-state index in [9.17, 15) is 0 Å². The monoisotopic (exact) mass is 398 g/mol. The molecule has 2 aromatic rings. The number of nitrogens with zero attached hydrogens (tertiary/aromatic N) is 4. The van der Waals surface area contributed by atoms with E-state index in [-0.39, 0.29) is 0 Å². The van der Waals surface area contributed by atoms with E-state index >= 15 is 0 Å². The number of hydrogen-bond donors (Lipinski definition) is 2. The van der Waals surface area contributed by atoms with E-state index in [0.717, 1.165) is 43.3 Å². The summed E-state index contributed by atoms with van der Waals surface area (Å²) in [6, 6.07) is 10.8. The lowest BCUT2D eigenvalue weighted by molar-refractivity contribution is 0.292. The van der Waals surface area contributed by atoms with E-state index in [1.54, 1.807) is 0 Å². The van der Waals surface area contributed by atoms with Gasteiger partial charge in [0.25, 0.3) is 0 Å². The summed E-state index contributed by atoms with van der Waals surface area (Å²) in [7, 11) is 5.87. The molecule has 0 amide bonds. The van der Waals surface area contributed by atoms with Gasteiger partial charge in [-0.1, -0.05) is 32.0 Å². The van der Waals surface area contributed by atoms with Crippen LogP contribution in [0.5, 0.6) is 0 Å². The first kappa shape index (κ1) is 22.9. The third-order valence-electron chi connectivity index (χ3n) is 5.31. The summed E-state index contributed by atoms with van der Waals surface area (Å²) in [5.74, 6) is 1.81. The van der Waals surface area contributed by atoms with Crippen molar-refractivity contribution in [2.75, 3.05) is 45.7 Å². The van der Waals surface area contributed by atoms with Crippen LogP contribution in [0, 0.1) is 0 Å². The number of anilines is 1. The number of aliphatic imine (C=N–C) groups is 1. The SMILES string of the molecule is CCN(CC)CCCC(C)NC(=NC)NCc1cc(N(C)C)nc2ccccc12. The lowest BCUT2D eigenvalue weighted by Crippen LogP contribution is -2.42. The molecule has 29 heavy (non-hydrogen) atoms. The molecule has 0 saturated heterocycles. The van der Waals surface area contributed by atoms with E-state index in [4.69, 9.17) is 4.98 Å². The normalized spacial score (nSPS) is 13.0. The van der Waals surface area contributed by atoms with Crippen molar-refractivity contribution in [3.05, 3.63) is 35.9 Å². The van der Waals surface area contributed by atoms with Crippen molar-refractivity contribution < 1.29 is 0 Å². The number of hydrogen-bond acceptors (Lipinski definition) is 4. The minimum absolute atomic E-state index is 0.378. The van der Waals surface area contributed by atoms with Gasteiger partial charge in [-0.2, -0.15) is 0 Å². The molecule has 0 aliphatic carbocycles. The molecule has 1 aromatic carbocycles. The topological polar surface area (TPSA) is 55.8 Å². The Kier molecular flexibility index (Phi) is 9.19. The second-order valence-corrected chi connectivity index (χ2v) is 7.69. The van der Waals surface area contributed by atoms with E-state index in [1.165, 1.54) is 17.4 Å². The molecular formula is C23H38N6. The molecule has 1 unspecified atom stereocenters. The second kappa shape index (κ2) is 11.6. The lowest BCUT2D eigenvalue weighted by Gasteiger charge is -2.21. The average molecular weight is 399 g/mol. The number of rotatable bonds is 10. The maximum Gasteiger partial charge on any atom is 0.191 e. The van der Waals surface area contributed by atoms with Gasteiger partial charge in [0.2, 0.25) is 0 Å². The summed E-state index contributed by atoms with van der Waals surface area (Å²) in [5.41, 5.74) is 2.24. The lowest BCUT2D eigenvalue weighted by atomic mass is 10.1. The minimum Gasteiger partial charge on any atom is -0.363 e. The molecule has 0 spiro atoms. The summed E-state index contributed by atoms with van der Waals surface area (Å²) in [4.78, 5) is 13.7. The Morgan fingerprint density at radius 1 is 1.17 bits per heavy atom. The standard InChI is InChI=1S/C23H38N6/c1-7-29(8-2)15-11-12-18(3)26-23(24-4)25-17-19-16-22(28(5)6)27-21-14-10-9-13-20(19)21/h9-10,13-14,16,18H,7-8,11-12,15,17H2,1-6H3,(H2,24,25,26). The number of nitrogens with one attached hydrogen (secondary N) is 2. The molecule has 0 fully saturated rings. The third kappa shape index (κ3) is 6.89. The average Bonchev–Trinajstić information content (AvgIpc) is 2.73. The summed E-state index contributed by atoms with van der Waals surface area (Å²) in [5, 5.41) is 8.18. The number of guanidine groups is 1. The van der Waals surface area contributed by atoms with Gasteiger partial charge in [0.1, 0.15) is 5.82 Å². The predicted molar refractivity (Wildman–Crippen MR) is 126 cm³/mol. The summed E-state index contributed by atoms with van der Waals surface area (Å²) in [6.07, 6.45) is 2.31. The first-order valence-electron chi connectivity index (χ1n) is 10.7. The van der Waals surface area contributed by atoms with Crippen molar-refractivity contribution in [1.29, 1.82) is 0 Å². The van der Waals surface area contributed by atoms with Crippen molar-refractivity contribution in [2.45, 2.75) is 46.2 Å². The van der Waals surface area contributed by atoms with Gasteiger partial charge >= 0.3 is 0 Å². The van der Waals surface area contributed by atoms with Crippen LogP contribution in [-0.2, 0) is 6.54 Å². The molecule has 160 valence electrons. The van der Waals surface area contributed by atoms with Crippen LogP contribution >= 0.6 is 0 Å². The summed E-state index contributed by atoms with van der Waals surface area (Å²) in [6.45, 7) is 10.8. The van der Waals surface area contributed by atoms with Crippen molar-refractivity contribution in [1.82, 2.24) is 20.5 Å². The van der Waals surface area contributed by atoms with Gasteiger partial charge in [0, 0.05) is 39.1 Å². The Balaban J connectivity index is 1.97. The molecule has 0 aliphatic heterocycles. The van der Waals surface area contributed by atoms with Crippen LogP contribution in [0.4, 0.5) is 5.82 Å². The Morgan fingerprint density at radius 2 is 1.90 bits per heavy atom. The molecule has 0 aliphatic rings. The highest BCUT2D eigenvalue weighted by Crippen LogP contribution is 2.22. The van der Waals surface area contributed by atoms with Crippen LogP contribution in [0.15, 0.2) is 35.3 Å². The van der Waals surface area contributed by atoms with E-state index in [1.807, 2.05) is 32.1 Å². The number of aromatic nitrogens is 1. The van der Waals surface area contributed by atoms with Gasteiger partial charge in [-0.15, -0.1) is 0 Å². The second-order valence-electron chi connectivity index (χ2n) is 7.69. The van der Waals surface area contributed by atoms with Gasteiger partial charge in [-0.25, -0.2) is 4.98 Å². The highest BCUT2D eigenvalue weighted by atomic mass is 15.2. The van der Waals surface area contributed by atoms with Crippen molar-refractivity contribution in [3.8, 4) is 0 Å². The van der Waals surface area contributed by atoms with Crippen molar-refractivity contribution in [2.24, 2.45) is 4.99 Å². The molecule has 1 aromatic heterocycles. The quantitative estimate of drug-likeness (QED) is 0.474. The van der Waals surface area contributed by atoms with Gasteiger partial charge in [0.15, 0.2) is 5.96 Å². The number of fused-ring (bicyclic) bond motifs is 1. The molecule has 0 saturated carbocycles. The Morgan fingerprint density at radius 3 is 2.55 bits per heavy atom. The predicted octanol–water partition coefficient (Wildman–Crippen LogP) is 3.48. The van der Waals surface area contributed by atoms with Crippen molar-refractivity contribution >= 4 is 22.7 Å². The van der Waals surface area contributed by atoms with Crippen LogP contribution in [0.25, 0.3) is 10.9 Å². The highest BCUT2D eigenvalue weighted by Gasteiger charge is 2.10. The molecule has 2 rings (SSSR count). The highest BCUT2D eigenvalue weighted by molar-refractivity contribution is 5.85. The molecule has 6 nitrogen and oxygen atoms in total. The van der Waals surface area contributed by atoms with Crippen LogP contribution in [0.3, 0.4) is 0 Å². The van der Waals surface area contributed by atoms with Gasteiger partial charge < -0.3 is 20.4 Å². The maximum atomic E-state index is 4.74. The minimum atomic E-state index is 0.378. The fourth-order valence-corrected chi connectivity index (χ4v) is 3.45. The molecule has 1 atom stereocenters. The Hall–Kier alpha value is -2.34. The maximum absolute atomic E-state index is 4.74. The van der Waals surface area contributed by atoms with E-state index in [2.05, 4.69) is 65.6 Å². The largest absolute Gasteiger partial charge is 0.363 e. The Labute approximate surface area is 176 Å². The van der Waals surface area contributed by atoms with Crippen LogP contribution in [-0.4, -0.2) is 62.7 Å².